The molecule has 0 unspecified atom stereocenters. The zero-order chi connectivity index (χ0) is 43.8. The van der Waals surface area contributed by atoms with Crippen LogP contribution < -0.4 is 11.1 Å². The molecular weight excluding hydrogens is 1040 g/mol. The summed E-state index contributed by atoms with van der Waals surface area (Å²) in [6.45, 7) is 2.68. The average Bonchev–Trinajstić information content (AvgIpc) is 3.75. The lowest BCUT2D eigenvalue weighted by Crippen LogP contribution is -2.25. The van der Waals surface area contributed by atoms with Crippen LogP contribution in [0.4, 0.5) is 0 Å². The van der Waals surface area contributed by atoms with Crippen molar-refractivity contribution in [1.82, 2.24) is 24.4 Å². The van der Waals surface area contributed by atoms with E-state index in [4.69, 9.17) is 48.4 Å². The Morgan fingerprint density at radius 2 is 1.16 bits per heavy atom. The molecule has 8 aromatic rings. The van der Waals surface area contributed by atoms with Crippen LogP contribution in [0.15, 0.2) is 97.3 Å². The number of carboxylic acid groups (broad SMARTS) is 1. The van der Waals surface area contributed by atoms with E-state index in [1.807, 2.05) is 114 Å². The zero-order valence-electron chi connectivity index (χ0n) is 33.9. The summed E-state index contributed by atoms with van der Waals surface area (Å²) in [6.07, 6.45) is 5.71. The molecule has 0 radical (unpaired) electrons. The van der Waals surface area contributed by atoms with Crippen molar-refractivity contribution in [1.29, 1.82) is 0 Å². The molecule has 4 aromatic carbocycles. The van der Waals surface area contributed by atoms with E-state index in [1.165, 1.54) is 0 Å². The Hall–Kier alpha value is -4.36. The number of carbonyl (C=O) groups excluding carboxylic acids is 1. The number of methoxy groups -OCH3 is 2. The van der Waals surface area contributed by atoms with Crippen molar-refractivity contribution in [3.63, 3.8) is 0 Å². The van der Waals surface area contributed by atoms with Crippen LogP contribution in [0.5, 0.6) is 0 Å². The molecule has 1 amide bonds. The van der Waals surface area contributed by atoms with Gasteiger partial charge in [-0.1, -0.05) is 23.2 Å². The Balaban J connectivity index is 0.000000182. The summed E-state index contributed by atoms with van der Waals surface area (Å²) in [5, 5.41) is 17.4. The Labute approximate surface area is 390 Å². The number of aryl methyl sites for hydroxylation is 2. The van der Waals surface area contributed by atoms with Gasteiger partial charge in [-0.2, -0.15) is 0 Å². The van der Waals surface area contributed by atoms with Crippen molar-refractivity contribution in [2.75, 3.05) is 40.5 Å². The third kappa shape index (κ3) is 11.0. The zero-order valence-corrected chi connectivity index (χ0v) is 39.8. The lowest BCUT2D eigenvalue weighted by molar-refractivity contribution is 0.0698. The minimum atomic E-state index is -0.964. The number of nitrogens with zero attached hydrogens (tertiary/aromatic N) is 4. The minimum absolute atomic E-state index is 0.111. The third-order valence-electron chi connectivity index (χ3n) is 9.83. The van der Waals surface area contributed by atoms with Gasteiger partial charge in [-0.05, 0) is 149 Å². The van der Waals surface area contributed by atoms with Crippen molar-refractivity contribution < 1.29 is 24.2 Å². The van der Waals surface area contributed by atoms with Gasteiger partial charge >= 0.3 is 5.97 Å². The summed E-state index contributed by atoms with van der Waals surface area (Å²) in [5.74, 6) is -1.08. The summed E-state index contributed by atoms with van der Waals surface area (Å²) in [6, 6.07) is 26.6. The van der Waals surface area contributed by atoms with E-state index in [-0.39, 0.29) is 11.5 Å². The number of fused-ring (bicyclic) bond motifs is 4. The first-order chi connectivity index (χ1) is 29.3. The number of nitrogens with one attached hydrogen (secondary N) is 1. The van der Waals surface area contributed by atoms with Gasteiger partial charge < -0.3 is 34.8 Å². The lowest BCUT2D eigenvalue weighted by Gasteiger charge is -2.11. The molecule has 0 aliphatic carbocycles. The summed E-state index contributed by atoms with van der Waals surface area (Å²) in [7, 11) is 7.27. The van der Waals surface area contributed by atoms with Gasteiger partial charge in [0.2, 0.25) is 0 Å². The van der Waals surface area contributed by atoms with Crippen LogP contribution in [-0.4, -0.2) is 76.6 Å². The van der Waals surface area contributed by atoms with E-state index in [9.17, 15) is 14.7 Å². The first-order valence-electron chi connectivity index (χ1n) is 19.2. The third-order valence-corrected chi connectivity index (χ3v) is 11.6. The first kappa shape index (κ1) is 46.2. The highest BCUT2D eigenvalue weighted by atomic mass is 127. The topological polar surface area (TPSA) is 147 Å². The van der Waals surface area contributed by atoms with Crippen LogP contribution in [0.3, 0.4) is 0 Å². The number of carbonyl (C=O) groups is 2. The van der Waals surface area contributed by atoms with Crippen LogP contribution in [0.25, 0.3) is 66.1 Å². The number of carboxylic acids is 1. The van der Waals surface area contributed by atoms with Gasteiger partial charge in [-0.15, -0.1) is 0 Å². The van der Waals surface area contributed by atoms with Gasteiger partial charge in [0.1, 0.15) is 0 Å². The highest BCUT2D eigenvalue weighted by molar-refractivity contribution is 14.1. The SMILES string of the molecule is COCCCN.COCCCNC(=O)c1cc(-c2cn(C)c3ccc(Cl)cc23)nc2ccc(I)cc12.Cn1cc(-c2cc(C(=O)O)c3cc(I)ccc3n2)c2cc(Cl)ccc21. The van der Waals surface area contributed by atoms with Crippen molar-refractivity contribution in [3.8, 4) is 22.5 Å². The predicted octanol–water partition coefficient (Wildman–Crippen LogP) is 10.7. The van der Waals surface area contributed by atoms with Crippen molar-refractivity contribution in [2.45, 2.75) is 12.8 Å². The Kier molecular flexibility index (Phi) is 16.0. The normalized spacial score (nSPS) is 11.1. The maximum Gasteiger partial charge on any atom is 0.336 e. The molecule has 0 aliphatic rings. The summed E-state index contributed by atoms with van der Waals surface area (Å²) in [5.41, 5.74) is 12.7. The number of halogens is 4. The second-order valence-corrected chi connectivity index (χ2v) is 17.5. The molecular formula is C46H44Cl2I2N6O5. The number of ether oxygens (including phenoxy) is 2. The van der Waals surface area contributed by atoms with Crippen LogP contribution >= 0.6 is 68.4 Å². The number of aromatic nitrogens is 4. The molecule has 0 saturated carbocycles. The fraction of sp³-hybridized carbons (Fsp3) is 0.217. The van der Waals surface area contributed by atoms with Crippen molar-refractivity contribution in [2.24, 2.45) is 19.8 Å². The Morgan fingerprint density at radius 3 is 1.62 bits per heavy atom. The number of hydrogen-bond acceptors (Lipinski definition) is 7. The molecule has 0 atom stereocenters. The molecule has 4 N–H and O–H groups in total. The van der Waals surface area contributed by atoms with E-state index in [0.717, 1.165) is 82.7 Å². The molecule has 316 valence electrons. The van der Waals surface area contributed by atoms with Crippen molar-refractivity contribution >= 4 is 124 Å². The van der Waals surface area contributed by atoms with Crippen LogP contribution in [0, 0.1) is 7.14 Å². The van der Waals surface area contributed by atoms with E-state index in [1.54, 1.807) is 20.3 Å². The molecule has 61 heavy (non-hydrogen) atoms. The van der Waals surface area contributed by atoms with Crippen LogP contribution in [-0.2, 0) is 23.6 Å². The smallest absolute Gasteiger partial charge is 0.336 e. The number of benzene rings is 4. The number of hydrogen-bond donors (Lipinski definition) is 3. The first-order valence-corrected chi connectivity index (χ1v) is 22.1. The van der Waals surface area contributed by atoms with Gasteiger partial charge in [0.25, 0.3) is 5.91 Å². The van der Waals surface area contributed by atoms with Gasteiger partial charge in [0.05, 0.1) is 33.5 Å². The van der Waals surface area contributed by atoms with E-state index >= 15 is 0 Å². The largest absolute Gasteiger partial charge is 0.478 e. The quantitative estimate of drug-likeness (QED) is 0.0857. The number of rotatable bonds is 11. The average molecular weight is 1090 g/mol. The predicted molar refractivity (Wildman–Crippen MR) is 264 cm³/mol. The summed E-state index contributed by atoms with van der Waals surface area (Å²) in [4.78, 5) is 34.4. The van der Waals surface area contributed by atoms with Crippen molar-refractivity contribution in [3.05, 3.63) is 126 Å². The van der Waals surface area contributed by atoms with Crippen LogP contribution in [0.1, 0.15) is 33.6 Å². The van der Waals surface area contributed by atoms with E-state index < -0.39 is 5.97 Å². The maximum atomic E-state index is 13.0. The van der Waals surface area contributed by atoms with Gasteiger partial charge in [-0.25, -0.2) is 14.8 Å². The van der Waals surface area contributed by atoms with E-state index in [0.29, 0.717) is 45.4 Å². The molecule has 4 heterocycles. The summed E-state index contributed by atoms with van der Waals surface area (Å²) >= 11 is 16.8. The molecule has 11 nitrogen and oxygen atoms in total. The monoisotopic (exact) mass is 1080 g/mol. The molecule has 0 fully saturated rings. The molecule has 0 aliphatic heterocycles. The Morgan fingerprint density at radius 1 is 0.689 bits per heavy atom. The lowest BCUT2D eigenvalue weighted by atomic mass is 10.0. The standard InChI is InChI=1S/C23H21ClIN3O2.C19H12ClIN2O2.C4H11NO/c1-28-13-19(17-10-14(24)4-7-22(17)28)21-12-18(23(29)26-8-3-9-30-2)16-11-15(25)5-6-20(16)27-21;1-23-9-15(13-6-10(20)2-5-18(13)23)17-8-14(19(24)25)12-7-11(21)3-4-16(12)22-17;1-6-4-2-3-5/h4-7,10-13H,3,8-9H2,1-2H3,(H,26,29);2-9H,1H3,(H,24,25);2-5H2,1H3. The summed E-state index contributed by atoms with van der Waals surface area (Å²) < 4.78 is 15.8. The molecule has 4 aromatic heterocycles. The second-order valence-electron chi connectivity index (χ2n) is 14.1. The second kappa shape index (κ2) is 21.1. The Bertz CT molecular complexity index is 2880. The highest BCUT2D eigenvalue weighted by Gasteiger charge is 2.19. The van der Waals surface area contributed by atoms with Crippen LogP contribution in [0.2, 0.25) is 10.0 Å². The minimum Gasteiger partial charge on any atom is -0.478 e. The molecule has 15 heteroatoms. The fourth-order valence-corrected chi connectivity index (χ4v) is 8.24. The number of amides is 1. The molecule has 0 bridgehead atoms. The fourth-order valence-electron chi connectivity index (χ4n) is 6.91. The van der Waals surface area contributed by atoms with E-state index in [2.05, 4.69) is 50.5 Å². The van der Waals surface area contributed by atoms with Gasteiger partial charge in [0.15, 0.2) is 0 Å². The molecule has 8 rings (SSSR count). The number of aromatic carboxylic acids is 1. The maximum absolute atomic E-state index is 13.0. The number of pyridine rings is 2. The molecule has 0 spiro atoms. The molecule has 0 saturated heterocycles. The van der Waals surface area contributed by atoms with Gasteiger partial charge in [0, 0.05) is 121 Å². The highest BCUT2D eigenvalue weighted by Crippen LogP contribution is 2.35. The number of nitrogens with two attached hydrogens (primary N) is 1. The van der Waals surface area contributed by atoms with Gasteiger partial charge in [-0.3, -0.25) is 4.79 Å².